The van der Waals surface area contributed by atoms with Crippen LogP contribution in [0.2, 0.25) is 0 Å². The molecule has 1 aromatic carbocycles. The molecule has 0 saturated carbocycles. The van der Waals surface area contributed by atoms with Crippen molar-refractivity contribution < 1.29 is 9.53 Å². The molecule has 1 aromatic heterocycles. The fourth-order valence-electron chi connectivity index (χ4n) is 1.54. The average Bonchev–Trinajstić information content (AvgIpc) is 2.87. The molecule has 0 saturated heterocycles. The van der Waals surface area contributed by atoms with Gasteiger partial charge in [0.2, 0.25) is 0 Å². The second-order valence-corrected chi connectivity index (χ2v) is 4.60. The van der Waals surface area contributed by atoms with E-state index < -0.39 is 0 Å². The number of nitriles is 1. The van der Waals surface area contributed by atoms with Gasteiger partial charge >= 0.3 is 0 Å². The highest BCUT2D eigenvalue weighted by molar-refractivity contribution is 7.14. The Morgan fingerprint density at radius 3 is 2.74 bits per heavy atom. The number of nitrogens with zero attached hydrogens (tertiary/aromatic N) is 1. The Labute approximate surface area is 115 Å². The van der Waals surface area contributed by atoms with E-state index >= 15 is 0 Å². The van der Waals surface area contributed by atoms with E-state index in [1.165, 1.54) is 11.3 Å². The van der Waals surface area contributed by atoms with Gasteiger partial charge in [-0.05, 0) is 42.6 Å². The van der Waals surface area contributed by atoms with Crippen molar-refractivity contribution in [3.63, 3.8) is 0 Å². The van der Waals surface area contributed by atoms with Crippen LogP contribution in [0, 0.1) is 11.3 Å². The van der Waals surface area contributed by atoms with Crippen molar-refractivity contribution in [3.8, 4) is 11.8 Å². The van der Waals surface area contributed by atoms with E-state index in [4.69, 9.17) is 10.00 Å². The van der Waals surface area contributed by atoms with Gasteiger partial charge in [-0.3, -0.25) is 4.79 Å². The highest BCUT2D eigenvalue weighted by Gasteiger charge is 2.10. The topological polar surface area (TPSA) is 62.1 Å². The predicted octanol–water partition coefficient (Wildman–Crippen LogP) is 3.27. The van der Waals surface area contributed by atoms with Crippen LogP contribution < -0.4 is 10.1 Å². The van der Waals surface area contributed by atoms with E-state index in [2.05, 4.69) is 5.32 Å². The number of hydrogen-bond donors (Lipinski definition) is 1. The Morgan fingerprint density at radius 1 is 1.37 bits per heavy atom. The third kappa shape index (κ3) is 3.12. The number of benzene rings is 1. The molecule has 1 N–H and O–H groups in total. The summed E-state index contributed by atoms with van der Waals surface area (Å²) in [5.41, 5.74) is 1.00. The van der Waals surface area contributed by atoms with Crippen molar-refractivity contribution in [2.24, 2.45) is 0 Å². The van der Waals surface area contributed by atoms with Crippen LogP contribution in [0.1, 0.15) is 22.8 Å². The summed E-state index contributed by atoms with van der Waals surface area (Å²) in [7, 11) is 0. The normalized spacial score (nSPS) is 9.68. The van der Waals surface area contributed by atoms with Gasteiger partial charge in [0, 0.05) is 5.56 Å². The number of thiophene rings is 1. The molecule has 1 amide bonds. The van der Waals surface area contributed by atoms with Crippen molar-refractivity contribution >= 4 is 22.2 Å². The molecular weight excluding hydrogens is 260 g/mol. The summed E-state index contributed by atoms with van der Waals surface area (Å²) in [5.74, 6) is 0.495. The van der Waals surface area contributed by atoms with Gasteiger partial charge in [-0.1, -0.05) is 0 Å². The Balaban J connectivity index is 2.10. The highest BCUT2D eigenvalue weighted by Crippen LogP contribution is 2.23. The summed E-state index contributed by atoms with van der Waals surface area (Å²) < 4.78 is 5.31. The van der Waals surface area contributed by atoms with E-state index in [9.17, 15) is 4.79 Å². The third-order valence-corrected chi connectivity index (χ3v) is 3.27. The standard InChI is InChI=1S/C14H12N2O2S/c1-2-18-12-5-3-10(4-6-12)13(17)16-14-11(9-15)7-8-19-14/h3-8H,2H2,1H3,(H,16,17). The minimum atomic E-state index is -0.234. The first kappa shape index (κ1) is 13.1. The van der Waals surface area contributed by atoms with Gasteiger partial charge in [-0.2, -0.15) is 5.26 Å². The molecule has 2 rings (SSSR count). The first-order valence-electron chi connectivity index (χ1n) is 5.76. The maximum absolute atomic E-state index is 12.0. The summed E-state index contributed by atoms with van der Waals surface area (Å²) in [6.45, 7) is 2.49. The van der Waals surface area contributed by atoms with Gasteiger partial charge in [0.15, 0.2) is 0 Å². The van der Waals surface area contributed by atoms with Crippen LogP contribution in [0.25, 0.3) is 0 Å². The highest BCUT2D eigenvalue weighted by atomic mass is 32.1. The Morgan fingerprint density at radius 2 is 2.11 bits per heavy atom. The number of amides is 1. The van der Waals surface area contributed by atoms with E-state index in [0.29, 0.717) is 22.7 Å². The van der Waals surface area contributed by atoms with Gasteiger partial charge in [0.25, 0.3) is 5.91 Å². The zero-order valence-corrected chi connectivity index (χ0v) is 11.2. The molecule has 19 heavy (non-hydrogen) atoms. The summed E-state index contributed by atoms with van der Waals surface area (Å²) in [6, 6.07) is 10.6. The number of rotatable bonds is 4. The van der Waals surface area contributed by atoms with Crippen molar-refractivity contribution in [1.82, 2.24) is 0 Å². The smallest absolute Gasteiger partial charge is 0.256 e. The third-order valence-electron chi connectivity index (χ3n) is 2.44. The van der Waals surface area contributed by atoms with Gasteiger partial charge in [-0.15, -0.1) is 11.3 Å². The molecule has 0 atom stereocenters. The fraction of sp³-hybridized carbons (Fsp3) is 0.143. The Kier molecular flexibility index (Phi) is 4.16. The second kappa shape index (κ2) is 6.03. The first-order chi connectivity index (χ1) is 9.24. The largest absolute Gasteiger partial charge is 0.494 e. The van der Waals surface area contributed by atoms with Gasteiger partial charge in [0.1, 0.15) is 16.8 Å². The molecule has 5 heteroatoms. The molecule has 0 radical (unpaired) electrons. The van der Waals surface area contributed by atoms with Crippen LogP contribution in [0.15, 0.2) is 35.7 Å². The van der Waals surface area contributed by atoms with Crippen LogP contribution in [0.3, 0.4) is 0 Å². The molecule has 0 fully saturated rings. The number of ether oxygens (including phenoxy) is 1. The minimum absolute atomic E-state index is 0.234. The van der Waals surface area contributed by atoms with Crippen LogP contribution in [-0.2, 0) is 0 Å². The van der Waals surface area contributed by atoms with Gasteiger partial charge < -0.3 is 10.1 Å². The Bertz CT molecular complexity index is 611. The SMILES string of the molecule is CCOc1ccc(C(=O)Nc2sccc2C#N)cc1. The maximum atomic E-state index is 12.0. The van der Waals surface area contributed by atoms with Crippen LogP contribution in [0.5, 0.6) is 5.75 Å². The molecular formula is C14H12N2O2S. The Hall–Kier alpha value is -2.32. The second-order valence-electron chi connectivity index (χ2n) is 3.69. The molecule has 4 nitrogen and oxygen atoms in total. The van der Waals surface area contributed by atoms with Crippen LogP contribution in [0.4, 0.5) is 5.00 Å². The molecule has 0 bridgehead atoms. The van der Waals surface area contributed by atoms with E-state index in [0.717, 1.165) is 5.75 Å². The maximum Gasteiger partial charge on any atom is 0.256 e. The van der Waals surface area contributed by atoms with Crippen molar-refractivity contribution in [2.75, 3.05) is 11.9 Å². The summed E-state index contributed by atoms with van der Waals surface area (Å²) in [6.07, 6.45) is 0. The van der Waals surface area contributed by atoms with Crippen LogP contribution in [-0.4, -0.2) is 12.5 Å². The lowest BCUT2D eigenvalue weighted by Gasteiger charge is -2.05. The number of carbonyl (C=O) groups excluding carboxylic acids is 1. The lowest BCUT2D eigenvalue weighted by atomic mass is 10.2. The van der Waals surface area contributed by atoms with E-state index in [-0.39, 0.29) is 5.91 Å². The number of hydrogen-bond acceptors (Lipinski definition) is 4. The average molecular weight is 272 g/mol. The fourth-order valence-corrected chi connectivity index (χ4v) is 2.27. The molecule has 0 aliphatic heterocycles. The molecule has 1 heterocycles. The zero-order valence-electron chi connectivity index (χ0n) is 10.3. The van der Waals surface area contributed by atoms with Crippen molar-refractivity contribution in [2.45, 2.75) is 6.92 Å². The van der Waals surface area contributed by atoms with Gasteiger partial charge in [0.05, 0.1) is 12.2 Å². The van der Waals surface area contributed by atoms with Crippen molar-refractivity contribution in [1.29, 1.82) is 5.26 Å². The van der Waals surface area contributed by atoms with E-state index in [1.807, 2.05) is 13.0 Å². The molecule has 96 valence electrons. The summed E-state index contributed by atoms with van der Waals surface area (Å²) >= 11 is 1.33. The minimum Gasteiger partial charge on any atom is -0.494 e. The van der Waals surface area contributed by atoms with Crippen LogP contribution >= 0.6 is 11.3 Å². The number of carbonyl (C=O) groups is 1. The summed E-state index contributed by atoms with van der Waals surface area (Å²) in [5, 5.41) is 13.9. The lowest BCUT2D eigenvalue weighted by Crippen LogP contribution is -2.11. The van der Waals surface area contributed by atoms with Crippen molar-refractivity contribution in [3.05, 3.63) is 46.8 Å². The molecule has 0 aliphatic rings. The number of nitrogens with one attached hydrogen (secondary N) is 1. The molecule has 2 aromatic rings. The molecule has 0 aliphatic carbocycles. The van der Waals surface area contributed by atoms with Gasteiger partial charge in [-0.25, -0.2) is 0 Å². The molecule has 0 unspecified atom stereocenters. The van der Waals surface area contributed by atoms with E-state index in [1.54, 1.807) is 35.7 Å². The first-order valence-corrected chi connectivity index (χ1v) is 6.64. The lowest BCUT2D eigenvalue weighted by molar-refractivity contribution is 0.102. The summed E-state index contributed by atoms with van der Waals surface area (Å²) in [4.78, 5) is 12.0. The monoisotopic (exact) mass is 272 g/mol. The zero-order chi connectivity index (χ0) is 13.7. The molecule has 0 spiro atoms. The number of anilines is 1. The quantitative estimate of drug-likeness (QED) is 0.929. The predicted molar refractivity (Wildman–Crippen MR) is 74.6 cm³/mol.